The molecule has 1 aliphatic heterocycles. The Morgan fingerprint density at radius 3 is 2.65 bits per heavy atom. The van der Waals surface area contributed by atoms with Crippen LogP contribution in [0.4, 0.5) is 5.88 Å². The van der Waals surface area contributed by atoms with Crippen molar-refractivity contribution in [3.63, 3.8) is 0 Å². The average Bonchev–Trinajstić information content (AvgIpc) is 2.74. The van der Waals surface area contributed by atoms with Crippen LogP contribution in [-0.4, -0.2) is 42.8 Å². The highest BCUT2D eigenvalue weighted by atomic mass is 16.4. The zero-order chi connectivity index (χ0) is 12.6. The van der Waals surface area contributed by atoms with Crippen molar-refractivity contribution in [3.8, 4) is 0 Å². The van der Waals surface area contributed by atoms with Gasteiger partial charge in [-0.15, -0.1) is 0 Å². The van der Waals surface area contributed by atoms with Gasteiger partial charge >= 0.3 is 0 Å². The van der Waals surface area contributed by atoms with Gasteiger partial charge in [-0.05, 0) is 19.9 Å². The Bertz CT molecular complexity index is 450. The highest BCUT2D eigenvalue weighted by Gasteiger charge is 2.41. The van der Waals surface area contributed by atoms with Crippen molar-refractivity contribution in [2.75, 3.05) is 25.0 Å². The van der Waals surface area contributed by atoms with Gasteiger partial charge in [-0.25, -0.2) is 0 Å². The fraction of sp³-hybridized carbons (Fsp3) is 0.500. The van der Waals surface area contributed by atoms with Gasteiger partial charge < -0.3 is 14.2 Å². The predicted octanol–water partition coefficient (Wildman–Crippen LogP) is 1.15. The monoisotopic (exact) mass is 236 g/mol. The maximum Gasteiger partial charge on any atom is 0.247 e. The molecule has 0 radical (unpaired) electrons. The molecule has 0 spiro atoms. The van der Waals surface area contributed by atoms with E-state index in [1.54, 1.807) is 24.1 Å². The highest BCUT2D eigenvalue weighted by molar-refractivity contribution is 5.90. The minimum absolute atomic E-state index is 0.0489. The summed E-state index contributed by atoms with van der Waals surface area (Å²) in [5.41, 5.74) is -0.648. The fourth-order valence-corrected chi connectivity index (χ4v) is 2.15. The van der Waals surface area contributed by atoms with Crippen LogP contribution in [0.5, 0.6) is 0 Å². The number of likely N-dealkylation sites (N-methyl/N-ethyl adjacent to an activating group) is 1. The molecule has 1 aromatic rings. The molecule has 17 heavy (non-hydrogen) atoms. The molecule has 2 rings (SSSR count). The van der Waals surface area contributed by atoms with Crippen molar-refractivity contribution in [1.29, 1.82) is 0 Å². The van der Waals surface area contributed by atoms with Gasteiger partial charge in [-0.2, -0.15) is 0 Å². The maximum absolute atomic E-state index is 12.1. The fourth-order valence-electron chi connectivity index (χ4n) is 2.15. The largest absolute Gasteiger partial charge is 0.438 e. The standard InChI is InChI=1S/C12H16N2O3/c1-12(2)11(16)13(3)6-7-14(12)10-5-4-9(8-15)17-10/h4-5,8H,6-7H2,1-3H3. The molecule has 0 aromatic carbocycles. The molecule has 0 unspecified atom stereocenters. The Labute approximate surface area is 100.0 Å². The molecule has 1 aliphatic rings. The Morgan fingerprint density at radius 1 is 1.35 bits per heavy atom. The molecular formula is C12H16N2O3. The number of hydrogen-bond donors (Lipinski definition) is 0. The minimum atomic E-state index is -0.648. The van der Waals surface area contributed by atoms with Crippen LogP contribution in [0.3, 0.4) is 0 Å². The summed E-state index contributed by atoms with van der Waals surface area (Å²) in [6.07, 6.45) is 0.661. The van der Waals surface area contributed by atoms with Crippen LogP contribution >= 0.6 is 0 Å². The lowest BCUT2D eigenvalue weighted by atomic mass is 9.98. The van der Waals surface area contributed by atoms with E-state index in [1.165, 1.54) is 0 Å². The quantitative estimate of drug-likeness (QED) is 0.723. The van der Waals surface area contributed by atoms with Gasteiger partial charge in [-0.1, -0.05) is 0 Å². The lowest BCUT2D eigenvalue weighted by Crippen LogP contribution is -2.62. The summed E-state index contributed by atoms with van der Waals surface area (Å²) >= 11 is 0. The lowest BCUT2D eigenvalue weighted by Gasteiger charge is -2.44. The van der Waals surface area contributed by atoms with E-state index in [2.05, 4.69) is 0 Å². The summed E-state index contributed by atoms with van der Waals surface area (Å²) < 4.78 is 5.38. The van der Waals surface area contributed by atoms with Crippen LogP contribution in [0, 0.1) is 0 Å². The summed E-state index contributed by atoms with van der Waals surface area (Å²) in [5, 5.41) is 0. The first-order chi connectivity index (χ1) is 7.96. The van der Waals surface area contributed by atoms with Crippen molar-refractivity contribution in [1.82, 2.24) is 4.90 Å². The first-order valence-electron chi connectivity index (χ1n) is 5.55. The molecule has 5 heteroatoms. The molecule has 92 valence electrons. The molecule has 1 fully saturated rings. The van der Waals surface area contributed by atoms with Crippen molar-refractivity contribution in [2.45, 2.75) is 19.4 Å². The predicted molar refractivity (Wildman–Crippen MR) is 63.2 cm³/mol. The van der Waals surface area contributed by atoms with E-state index in [9.17, 15) is 9.59 Å². The Hall–Kier alpha value is -1.78. The molecule has 1 aromatic heterocycles. The number of anilines is 1. The Balaban J connectivity index is 2.32. The number of carbonyl (C=O) groups is 2. The van der Waals surface area contributed by atoms with E-state index < -0.39 is 5.54 Å². The molecule has 0 aliphatic carbocycles. The number of amides is 1. The third-order valence-electron chi connectivity index (χ3n) is 3.20. The zero-order valence-electron chi connectivity index (χ0n) is 10.3. The second-order valence-corrected chi connectivity index (χ2v) is 4.73. The highest BCUT2D eigenvalue weighted by Crippen LogP contribution is 2.29. The summed E-state index contributed by atoms with van der Waals surface area (Å²) in [7, 11) is 1.79. The van der Waals surface area contributed by atoms with E-state index in [4.69, 9.17) is 4.42 Å². The number of hydrogen-bond acceptors (Lipinski definition) is 4. The Morgan fingerprint density at radius 2 is 2.06 bits per heavy atom. The molecule has 1 saturated heterocycles. The van der Waals surface area contributed by atoms with Crippen LogP contribution < -0.4 is 4.90 Å². The minimum Gasteiger partial charge on any atom is -0.438 e. The van der Waals surface area contributed by atoms with Gasteiger partial charge in [0.05, 0.1) is 0 Å². The Kier molecular flexibility index (Phi) is 2.69. The van der Waals surface area contributed by atoms with Crippen LogP contribution in [0.25, 0.3) is 0 Å². The lowest BCUT2D eigenvalue weighted by molar-refractivity contribution is -0.136. The van der Waals surface area contributed by atoms with E-state index in [0.717, 1.165) is 0 Å². The number of aldehydes is 1. The number of carbonyl (C=O) groups excluding carboxylic acids is 2. The summed E-state index contributed by atoms with van der Waals surface area (Å²) in [6.45, 7) is 5.06. The first-order valence-corrected chi connectivity index (χ1v) is 5.55. The van der Waals surface area contributed by atoms with E-state index in [1.807, 2.05) is 18.7 Å². The van der Waals surface area contributed by atoms with Gasteiger partial charge in [0.1, 0.15) is 5.54 Å². The van der Waals surface area contributed by atoms with Crippen LogP contribution in [0.1, 0.15) is 24.4 Å². The van der Waals surface area contributed by atoms with E-state index in [-0.39, 0.29) is 11.7 Å². The van der Waals surface area contributed by atoms with Gasteiger partial charge in [0.2, 0.25) is 5.91 Å². The van der Waals surface area contributed by atoms with Crippen LogP contribution in [0.2, 0.25) is 0 Å². The number of nitrogens with zero attached hydrogens (tertiary/aromatic N) is 2. The van der Waals surface area contributed by atoms with Gasteiger partial charge in [0, 0.05) is 26.2 Å². The molecular weight excluding hydrogens is 220 g/mol. The second-order valence-electron chi connectivity index (χ2n) is 4.73. The third kappa shape index (κ3) is 1.81. The van der Waals surface area contributed by atoms with Gasteiger partial charge in [-0.3, -0.25) is 9.59 Å². The molecule has 0 saturated carbocycles. The summed E-state index contributed by atoms with van der Waals surface area (Å²) in [6, 6.07) is 3.34. The van der Waals surface area contributed by atoms with Crippen molar-refractivity contribution >= 4 is 18.1 Å². The van der Waals surface area contributed by atoms with Crippen molar-refractivity contribution in [3.05, 3.63) is 17.9 Å². The van der Waals surface area contributed by atoms with Crippen molar-refractivity contribution in [2.24, 2.45) is 0 Å². The second kappa shape index (κ2) is 3.91. The molecule has 1 amide bonds. The number of piperazine rings is 1. The van der Waals surface area contributed by atoms with Crippen LogP contribution in [-0.2, 0) is 4.79 Å². The van der Waals surface area contributed by atoms with Crippen LogP contribution in [0.15, 0.2) is 16.5 Å². The van der Waals surface area contributed by atoms with Gasteiger partial charge in [0.15, 0.2) is 17.9 Å². The molecule has 0 N–H and O–H groups in total. The van der Waals surface area contributed by atoms with Crippen molar-refractivity contribution < 1.29 is 14.0 Å². The third-order valence-corrected chi connectivity index (χ3v) is 3.20. The summed E-state index contributed by atoms with van der Waals surface area (Å²) in [4.78, 5) is 26.3. The number of furan rings is 1. The summed E-state index contributed by atoms with van der Waals surface area (Å²) in [5.74, 6) is 0.897. The molecule has 0 atom stereocenters. The normalized spacial score (nSPS) is 19.6. The van der Waals surface area contributed by atoms with E-state index >= 15 is 0 Å². The smallest absolute Gasteiger partial charge is 0.247 e. The molecule has 5 nitrogen and oxygen atoms in total. The van der Waals surface area contributed by atoms with Gasteiger partial charge in [0.25, 0.3) is 0 Å². The SMILES string of the molecule is CN1CCN(c2ccc(C=O)o2)C(C)(C)C1=O. The molecule has 0 bridgehead atoms. The maximum atomic E-state index is 12.1. The van der Waals surface area contributed by atoms with E-state index in [0.29, 0.717) is 25.3 Å². The molecule has 2 heterocycles. The average molecular weight is 236 g/mol. The zero-order valence-corrected chi connectivity index (χ0v) is 10.3. The first kappa shape index (κ1) is 11.7. The number of rotatable bonds is 2. The topological polar surface area (TPSA) is 53.8 Å².